The second-order valence-electron chi connectivity index (χ2n) is 5.32. The smallest absolute Gasteiger partial charge is 0.318 e. The molecule has 0 aromatic heterocycles. The van der Waals surface area contributed by atoms with Gasteiger partial charge < -0.3 is 10.2 Å². The van der Waals surface area contributed by atoms with Crippen molar-refractivity contribution in [1.82, 2.24) is 0 Å². The van der Waals surface area contributed by atoms with Gasteiger partial charge in [-0.1, -0.05) is 52.9 Å². The van der Waals surface area contributed by atoms with Gasteiger partial charge in [0.1, 0.15) is 0 Å². The quantitative estimate of drug-likeness (QED) is 0.464. The van der Waals surface area contributed by atoms with Crippen molar-refractivity contribution in [2.24, 2.45) is 11.3 Å². The normalized spacial score (nSPS) is 14.4. The van der Waals surface area contributed by atoms with Gasteiger partial charge in [0.25, 0.3) is 0 Å². The van der Waals surface area contributed by atoms with Gasteiger partial charge in [0.15, 0.2) is 5.92 Å². The van der Waals surface area contributed by atoms with E-state index in [0.29, 0.717) is 12.8 Å². The van der Waals surface area contributed by atoms with Crippen molar-refractivity contribution >= 4 is 11.9 Å². The van der Waals surface area contributed by atoms with Crippen LogP contribution in [0.5, 0.6) is 0 Å². The number of unbranched alkanes of at least 4 members (excludes halogenated alkanes) is 3. The summed E-state index contributed by atoms with van der Waals surface area (Å²) in [6.45, 7) is 5.92. The molecule has 0 bridgehead atoms. The van der Waals surface area contributed by atoms with Gasteiger partial charge in [0.2, 0.25) is 0 Å². The van der Waals surface area contributed by atoms with Crippen LogP contribution in [0, 0.1) is 11.3 Å². The summed E-state index contributed by atoms with van der Waals surface area (Å²) in [5, 5.41) is 18.3. The second-order valence-corrected chi connectivity index (χ2v) is 5.32. The molecule has 4 heteroatoms. The topological polar surface area (TPSA) is 74.6 Å². The zero-order valence-corrected chi connectivity index (χ0v) is 11.7. The Morgan fingerprint density at radius 1 is 0.944 bits per heavy atom. The van der Waals surface area contributed by atoms with Gasteiger partial charge in [-0.3, -0.25) is 9.59 Å². The van der Waals surface area contributed by atoms with Crippen molar-refractivity contribution in [2.75, 3.05) is 0 Å². The fraction of sp³-hybridized carbons (Fsp3) is 0.857. The summed E-state index contributed by atoms with van der Waals surface area (Å²) < 4.78 is 0. The lowest BCUT2D eigenvalue weighted by Crippen LogP contribution is -2.39. The van der Waals surface area contributed by atoms with Crippen LogP contribution in [0.3, 0.4) is 0 Å². The number of hydrogen-bond acceptors (Lipinski definition) is 2. The highest BCUT2D eigenvalue weighted by Crippen LogP contribution is 2.39. The minimum atomic E-state index is -1.29. The van der Waals surface area contributed by atoms with Crippen molar-refractivity contribution in [3.8, 4) is 0 Å². The van der Waals surface area contributed by atoms with Crippen LogP contribution in [0.4, 0.5) is 0 Å². The van der Waals surface area contributed by atoms with Gasteiger partial charge in [0.05, 0.1) is 0 Å². The van der Waals surface area contributed by atoms with Crippen LogP contribution in [-0.4, -0.2) is 22.2 Å². The lowest BCUT2D eigenvalue weighted by Gasteiger charge is -2.33. The second kappa shape index (κ2) is 8.11. The number of hydrogen-bond donors (Lipinski definition) is 2. The number of rotatable bonds is 10. The SMILES string of the molecule is CCCCCC(C)(CCCC)C(C(=O)O)C(=O)O. The lowest BCUT2D eigenvalue weighted by molar-refractivity contribution is -0.161. The molecule has 1 unspecified atom stereocenters. The summed E-state index contributed by atoms with van der Waals surface area (Å²) in [7, 11) is 0. The average molecular weight is 258 g/mol. The Kier molecular flexibility index (Phi) is 7.64. The first-order chi connectivity index (χ1) is 8.39. The number of carboxylic acid groups (broad SMARTS) is 2. The van der Waals surface area contributed by atoms with Crippen LogP contribution >= 0.6 is 0 Å². The molecule has 0 rings (SSSR count). The molecule has 0 amide bonds. The van der Waals surface area contributed by atoms with E-state index in [1.807, 2.05) is 13.8 Å². The fourth-order valence-corrected chi connectivity index (χ4v) is 2.47. The van der Waals surface area contributed by atoms with Crippen LogP contribution in [0.25, 0.3) is 0 Å². The van der Waals surface area contributed by atoms with E-state index in [0.717, 1.165) is 32.1 Å². The van der Waals surface area contributed by atoms with Crippen molar-refractivity contribution in [3.63, 3.8) is 0 Å². The molecular weight excluding hydrogens is 232 g/mol. The largest absolute Gasteiger partial charge is 0.481 e. The summed E-state index contributed by atoms with van der Waals surface area (Å²) in [5.74, 6) is -3.71. The van der Waals surface area contributed by atoms with Crippen molar-refractivity contribution < 1.29 is 19.8 Å². The van der Waals surface area contributed by atoms with Crippen molar-refractivity contribution in [2.45, 2.75) is 65.7 Å². The van der Waals surface area contributed by atoms with E-state index in [4.69, 9.17) is 10.2 Å². The van der Waals surface area contributed by atoms with Gasteiger partial charge in [0, 0.05) is 0 Å². The summed E-state index contributed by atoms with van der Waals surface area (Å²) >= 11 is 0. The van der Waals surface area contributed by atoms with Crippen LogP contribution < -0.4 is 0 Å². The molecule has 0 aromatic rings. The standard InChI is InChI=1S/C14H26O4/c1-4-6-8-10-14(3,9-7-5-2)11(12(15)16)13(17)18/h11H,4-10H2,1-3H3,(H,15,16)(H,17,18). The van der Waals surface area contributed by atoms with Crippen molar-refractivity contribution in [3.05, 3.63) is 0 Å². The Morgan fingerprint density at radius 3 is 1.78 bits per heavy atom. The predicted molar refractivity (Wildman–Crippen MR) is 70.5 cm³/mol. The molecular formula is C14H26O4. The maximum atomic E-state index is 11.2. The third kappa shape index (κ3) is 5.07. The first kappa shape index (κ1) is 16.9. The molecule has 0 spiro atoms. The minimum absolute atomic E-state index is 0.636. The molecule has 4 nitrogen and oxygen atoms in total. The molecule has 0 aliphatic heterocycles. The van der Waals surface area contributed by atoms with Gasteiger partial charge >= 0.3 is 11.9 Å². The van der Waals surface area contributed by atoms with Gasteiger partial charge in [-0.15, -0.1) is 0 Å². The van der Waals surface area contributed by atoms with Gasteiger partial charge in [-0.05, 0) is 18.3 Å². The molecule has 0 aliphatic carbocycles. The van der Waals surface area contributed by atoms with E-state index in [1.165, 1.54) is 0 Å². The monoisotopic (exact) mass is 258 g/mol. The minimum Gasteiger partial charge on any atom is -0.481 e. The van der Waals surface area contributed by atoms with Crippen LogP contribution in [-0.2, 0) is 9.59 Å². The van der Waals surface area contributed by atoms with Crippen LogP contribution in [0.1, 0.15) is 65.7 Å². The Hall–Kier alpha value is -1.06. The third-order valence-electron chi connectivity index (χ3n) is 3.64. The summed E-state index contributed by atoms with van der Waals surface area (Å²) in [6, 6.07) is 0. The molecule has 0 aromatic carbocycles. The Bertz CT molecular complexity index is 261. The molecule has 0 saturated heterocycles. The molecule has 0 heterocycles. The first-order valence-electron chi connectivity index (χ1n) is 6.84. The first-order valence-corrected chi connectivity index (χ1v) is 6.84. The highest BCUT2D eigenvalue weighted by atomic mass is 16.4. The molecule has 18 heavy (non-hydrogen) atoms. The third-order valence-corrected chi connectivity index (χ3v) is 3.64. The van der Waals surface area contributed by atoms with Gasteiger partial charge in [-0.25, -0.2) is 0 Å². The zero-order chi connectivity index (χ0) is 14.2. The lowest BCUT2D eigenvalue weighted by atomic mass is 9.70. The number of carbonyl (C=O) groups is 2. The Morgan fingerprint density at radius 2 is 1.39 bits per heavy atom. The van der Waals surface area contributed by atoms with Gasteiger partial charge in [-0.2, -0.15) is 0 Å². The Labute approximate surface area is 109 Å². The molecule has 106 valence electrons. The highest BCUT2D eigenvalue weighted by Gasteiger charge is 2.43. The van der Waals surface area contributed by atoms with E-state index in [1.54, 1.807) is 0 Å². The maximum Gasteiger partial charge on any atom is 0.318 e. The highest BCUT2D eigenvalue weighted by molar-refractivity contribution is 5.93. The summed E-state index contributed by atoms with van der Waals surface area (Å²) in [5.41, 5.74) is -0.636. The molecule has 2 N–H and O–H groups in total. The molecule has 0 aliphatic rings. The van der Waals surface area contributed by atoms with E-state index in [2.05, 4.69) is 6.92 Å². The summed E-state index contributed by atoms with van der Waals surface area (Å²) in [6.07, 6.45) is 6.13. The summed E-state index contributed by atoms with van der Waals surface area (Å²) in [4.78, 5) is 22.4. The number of aliphatic carboxylic acids is 2. The Balaban J connectivity index is 4.89. The number of carboxylic acids is 2. The maximum absolute atomic E-state index is 11.2. The average Bonchev–Trinajstić information content (AvgIpc) is 2.25. The molecule has 1 atom stereocenters. The van der Waals surface area contributed by atoms with E-state index in [9.17, 15) is 9.59 Å². The fourth-order valence-electron chi connectivity index (χ4n) is 2.47. The van der Waals surface area contributed by atoms with E-state index < -0.39 is 23.3 Å². The van der Waals surface area contributed by atoms with Crippen LogP contribution in [0.2, 0.25) is 0 Å². The zero-order valence-electron chi connectivity index (χ0n) is 11.7. The van der Waals surface area contributed by atoms with Crippen LogP contribution in [0.15, 0.2) is 0 Å². The van der Waals surface area contributed by atoms with E-state index >= 15 is 0 Å². The molecule has 0 saturated carbocycles. The van der Waals surface area contributed by atoms with E-state index in [-0.39, 0.29) is 0 Å². The molecule has 0 radical (unpaired) electrons. The molecule has 0 fully saturated rings. The predicted octanol–water partition coefficient (Wildman–Crippen LogP) is 3.55. The van der Waals surface area contributed by atoms with Crippen molar-refractivity contribution in [1.29, 1.82) is 0 Å².